The minimum Gasteiger partial charge on any atom is -0.399 e. The van der Waals surface area contributed by atoms with Crippen LogP contribution in [-0.2, 0) is 11.2 Å². The molecular weight excluding hydrogens is 274 g/mol. The van der Waals surface area contributed by atoms with Crippen LogP contribution in [0.3, 0.4) is 0 Å². The van der Waals surface area contributed by atoms with Crippen molar-refractivity contribution in [2.45, 2.75) is 12.8 Å². The molecule has 20 heavy (non-hydrogen) atoms. The minimum absolute atomic E-state index is 0.0763. The van der Waals surface area contributed by atoms with Crippen molar-refractivity contribution < 1.29 is 9.90 Å². The third-order valence-electron chi connectivity index (χ3n) is 2.71. The first-order chi connectivity index (χ1) is 9.69. The number of nitrogens with two attached hydrogens (primary N) is 1. The Balaban J connectivity index is 1.95. The first-order valence-electron chi connectivity index (χ1n) is 6.37. The number of aromatic nitrogens is 1. The molecular formula is C14H17N3O2S. The number of carbonyl (C=O) groups is 1. The molecule has 2 rings (SSSR count). The van der Waals surface area contributed by atoms with Crippen molar-refractivity contribution in [3.05, 3.63) is 35.3 Å². The summed E-state index contributed by atoms with van der Waals surface area (Å²) in [7, 11) is 0. The van der Waals surface area contributed by atoms with Crippen molar-refractivity contribution in [2.75, 3.05) is 18.9 Å². The van der Waals surface area contributed by atoms with Crippen molar-refractivity contribution in [2.24, 2.45) is 0 Å². The standard InChI is InChI=1S/C14H17N3O2S/c15-11-4-2-10(3-5-11)14-17-12(9-20-14)8-13(19)16-6-1-7-18/h2-5,9,18H,1,6-8,15H2,(H,16,19). The van der Waals surface area contributed by atoms with E-state index in [1.807, 2.05) is 29.6 Å². The van der Waals surface area contributed by atoms with Gasteiger partial charge >= 0.3 is 0 Å². The Labute approximate surface area is 121 Å². The Kier molecular flexibility index (Phi) is 5.09. The molecule has 0 aliphatic rings. The van der Waals surface area contributed by atoms with Crippen LogP contribution in [0.15, 0.2) is 29.6 Å². The van der Waals surface area contributed by atoms with E-state index in [2.05, 4.69) is 10.3 Å². The highest BCUT2D eigenvalue weighted by atomic mass is 32.1. The molecule has 0 spiro atoms. The van der Waals surface area contributed by atoms with Crippen molar-refractivity contribution in [1.82, 2.24) is 10.3 Å². The Morgan fingerprint density at radius 1 is 1.35 bits per heavy atom. The molecule has 0 radical (unpaired) electrons. The van der Waals surface area contributed by atoms with Crippen LogP contribution in [0.5, 0.6) is 0 Å². The van der Waals surface area contributed by atoms with E-state index < -0.39 is 0 Å². The van der Waals surface area contributed by atoms with Gasteiger partial charge in [0.2, 0.25) is 5.91 Å². The van der Waals surface area contributed by atoms with Crippen LogP contribution in [0.25, 0.3) is 10.6 Å². The summed E-state index contributed by atoms with van der Waals surface area (Å²) in [4.78, 5) is 16.1. The Bertz CT molecular complexity index is 566. The predicted molar refractivity (Wildman–Crippen MR) is 80.4 cm³/mol. The fraction of sp³-hybridized carbons (Fsp3) is 0.286. The average molecular weight is 291 g/mol. The van der Waals surface area contributed by atoms with Crippen LogP contribution >= 0.6 is 11.3 Å². The Morgan fingerprint density at radius 2 is 2.10 bits per heavy atom. The summed E-state index contributed by atoms with van der Waals surface area (Å²) >= 11 is 1.51. The summed E-state index contributed by atoms with van der Waals surface area (Å²) < 4.78 is 0. The van der Waals surface area contributed by atoms with Gasteiger partial charge in [0, 0.05) is 29.8 Å². The molecule has 106 valence electrons. The van der Waals surface area contributed by atoms with E-state index in [1.165, 1.54) is 11.3 Å². The number of rotatable bonds is 6. The fourth-order valence-electron chi connectivity index (χ4n) is 1.68. The van der Waals surface area contributed by atoms with Gasteiger partial charge in [-0.3, -0.25) is 4.79 Å². The molecule has 1 amide bonds. The molecule has 0 fully saturated rings. The molecule has 6 heteroatoms. The lowest BCUT2D eigenvalue weighted by Crippen LogP contribution is -2.26. The van der Waals surface area contributed by atoms with Crippen LogP contribution in [-0.4, -0.2) is 29.1 Å². The van der Waals surface area contributed by atoms with E-state index in [4.69, 9.17) is 10.8 Å². The van der Waals surface area contributed by atoms with Crippen LogP contribution in [0, 0.1) is 0 Å². The van der Waals surface area contributed by atoms with Gasteiger partial charge in [0.15, 0.2) is 0 Å². The number of anilines is 1. The first kappa shape index (κ1) is 14.5. The summed E-state index contributed by atoms with van der Waals surface area (Å²) in [5.41, 5.74) is 8.11. The van der Waals surface area contributed by atoms with Gasteiger partial charge in [0.25, 0.3) is 0 Å². The lowest BCUT2D eigenvalue weighted by Gasteiger charge is -2.01. The predicted octanol–water partition coefficient (Wildman–Crippen LogP) is 1.43. The Hall–Kier alpha value is -1.92. The zero-order valence-corrected chi connectivity index (χ0v) is 11.8. The molecule has 1 aromatic heterocycles. The summed E-state index contributed by atoms with van der Waals surface area (Å²) in [6, 6.07) is 7.49. The molecule has 0 bridgehead atoms. The van der Waals surface area contributed by atoms with E-state index in [-0.39, 0.29) is 18.9 Å². The number of nitrogen functional groups attached to an aromatic ring is 1. The number of hydrogen-bond donors (Lipinski definition) is 3. The zero-order valence-electron chi connectivity index (χ0n) is 11.0. The summed E-state index contributed by atoms with van der Waals surface area (Å²) in [6.45, 7) is 0.572. The highest BCUT2D eigenvalue weighted by Gasteiger charge is 2.08. The molecule has 0 aliphatic heterocycles. The number of nitrogens with one attached hydrogen (secondary N) is 1. The van der Waals surface area contributed by atoms with Gasteiger partial charge in [-0.05, 0) is 30.7 Å². The molecule has 0 unspecified atom stereocenters. The second kappa shape index (κ2) is 7.02. The van der Waals surface area contributed by atoms with Gasteiger partial charge in [-0.2, -0.15) is 0 Å². The third kappa shape index (κ3) is 4.04. The van der Waals surface area contributed by atoms with Crippen LogP contribution < -0.4 is 11.1 Å². The molecule has 0 atom stereocenters. The maximum absolute atomic E-state index is 11.6. The number of hydrogen-bond acceptors (Lipinski definition) is 5. The molecule has 1 aromatic carbocycles. The lowest BCUT2D eigenvalue weighted by atomic mass is 10.2. The van der Waals surface area contributed by atoms with Crippen LogP contribution in [0.4, 0.5) is 5.69 Å². The molecule has 0 saturated heterocycles. The number of amides is 1. The molecule has 0 saturated carbocycles. The van der Waals surface area contributed by atoms with Crippen LogP contribution in [0.1, 0.15) is 12.1 Å². The van der Waals surface area contributed by atoms with Crippen molar-refractivity contribution in [3.63, 3.8) is 0 Å². The number of thiazole rings is 1. The summed E-state index contributed by atoms with van der Waals surface area (Å²) in [5.74, 6) is -0.0763. The zero-order chi connectivity index (χ0) is 14.4. The van der Waals surface area contributed by atoms with Crippen molar-refractivity contribution in [3.8, 4) is 10.6 Å². The summed E-state index contributed by atoms with van der Waals surface area (Å²) in [6.07, 6.45) is 0.830. The molecule has 1 heterocycles. The largest absolute Gasteiger partial charge is 0.399 e. The second-order valence-electron chi connectivity index (χ2n) is 4.37. The summed E-state index contributed by atoms with van der Waals surface area (Å²) in [5, 5.41) is 14.1. The van der Waals surface area contributed by atoms with Gasteiger partial charge < -0.3 is 16.2 Å². The van der Waals surface area contributed by atoms with E-state index in [0.717, 1.165) is 16.3 Å². The second-order valence-corrected chi connectivity index (χ2v) is 5.23. The fourth-order valence-corrected chi connectivity index (χ4v) is 2.51. The quantitative estimate of drug-likeness (QED) is 0.555. The third-order valence-corrected chi connectivity index (χ3v) is 3.65. The van der Waals surface area contributed by atoms with E-state index >= 15 is 0 Å². The molecule has 5 nitrogen and oxygen atoms in total. The average Bonchev–Trinajstić information content (AvgIpc) is 2.88. The normalized spacial score (nSPS) is 10.4. The van der Waals surface area contributed by atoms with Gasteiger partial charge in [0.1, 0.15) is 5.01 Å². The molecule has 0 aliphatic carbocycles. The number of nitrogens with zero attached hydrogens (tertiary/aromatic N) is 1. The van der Waals surface area contributed by atoms with Gasteiger partial charge in [0.05, 0.1) is 12.1 Å². The van der Waals surface area contributed by atoms with Crippen molar-refractivity contribution in [1.29, 1.82) is 0 Å². The maximum Gasteiger partial charge on any atom is 0.226 e. The first-order valence-corrected chi connectivity index (χ1v) is 7.25. The minimum atomic E-state index is -0.0763. The molecule has 4 N–H and O–H groups in total. The van der Waals surface area contributed by atoms with Gasteiger partial charge in [-0.25, -0.2) is 4.98 Å². The number of benzene rings is 1. The number of carbonyl (C=O) groups excluding carboxylic acids is 1. The SMILES string of the molecule is Nc1ccc(-c2nc(CC(=O)NCCCO)cs2)cc1. The van der Waals surface area contributed by atoms with E-state index in [9.17, 15) is 4.79 Å². The Morgan fingerprint density at radius 3 is 2.80 bits per heavy atom. The molecule has 2 aromatic rings. The highest BCUT2D eigenvalue weighted by Crippen LogP contribution is 2.24. The highest BCUT2D eigenvalue weighted by molar-refractivity contribution is 7.13. The van der Waals surface area contributed by atoms with Crippen LogP contribution in [0.2, 0.25) is 0 Å². The van der Waals surface area contributed by atoms with E-state index in [0.29, 0.717) is 18.7 Å². The number of aliphatic hydroxyl groups is 1. The topological polar surface area (TPSA) is 88.2 Å². The van der Waals surface area contributed by atoms with E-state index in [1.54, 1.807) is 0 Å². The monoisotopic (exact) mass is 291 g/mol. The van der Waals surface area contributed by atoms with Crippen molar-refractivity contribution >= 4 is 22.9 Å². The smallest absolute Gasteiger partial charge is 0.226 e. The number of aliphatic hydroxyl groups excluding tert-OH is 1. The maximum atomic E-state index is 11.6. The van der Waals surface area contributed by atoms with Gasteiger partial charge in [-0.15, -0.1) is 11.3 Å². The lowest BCUT2D eigenvalue weighted by molar-refractivity contribution is -0.120. The van der Waals surface area contributed by atoms with Gasteiger partial charge in [-0.1, -0.05) is 0 Å².